The SMILES string of the molecule is NCc1cc(Br)ccc1OCc1cccc(Cl)c1F. The Morgan fingerprint density at radius 1 is 1.21 bits per heavy atom. The predicted molar refractivity (Wildman–Crippen MR) is 77.8 cm³/mol. The second-order valence-electron chi connectivity index (χ2n) is 3.96. The Morgan fingerprint density at radius 2 is 2.00 bits per heavy atom. The maximum Gasteiger partial charge on any atom is 0.148 e. The van der Waals surface area contributed by atoms with Crippen LogP contribution in [0, 0.1) is 5.82 Å². The molecule has 100 valence electrons. The molecule has 0 aliphatic heterocycles. The van der Waals surface area contributed by atoms with E-state index >= 15 is 0 Å². The number of benzene rings is 2. The minimum Gasteiger partial charge on any atom is -0.488 e. The van der Waals surface area contributed by atoms with Crippen LogP contribution in [0.15, 0.2) is 40.9 Å². The lowest BCUT2D eigenvalue weighted by molar-refractivity contribution is 0.297. The molecule has 2 aromatic rings. The van der Waals surface area contributed by atoms with Crippen molar-refractivity contribution in [3.63, 3.8) is 0 Å². The maximum atomic E-state index is 13.7. The van der Waals surface area contributed by atoms with Gasteiger partial charge in [-0.25, -0.2) is 4.39 Å². The summed E-state index contributed by atoms with van der Waals surface area (Å²) in [5.41, 5.74) is 6.92. The summed E-state index contributed by atoms with van der Waals surface area (Å²) in [6.45, 7) is 0.466. The summed E-state index contributed by atoms with van der Waals surface area (Å²) in [7, 11) is 0. The van der Waals surface area contributed by atoms with Gasteiger partial charge in [-0.15, -0.1) is 0 Å². The van der Waals surface area contributed by atoms with E-state index in [1.807, 2.05) is 12.1 Å². The van der Waals surface area contributed by atoms with Gasteiger partial charge in [-0.1, -0.05) is 39.7 Å². The molecule has 19 heavy (non-hydrogen) atoms. The fourth-order valence-corrected chi connectivity index (χ4v) is 2.27. The van der Waals surface area contributed by atoms with Crippen molar-refractivity contribution >= 4 is 27.5 Å². The van der Waals surface area contributed by atoms with Crippen molar-refractivity contribution in [3.8, 4) is 5.75 Å². The van der Waals surface area contributed by atoms with Crippen LogP contribution >= 0.6 is 27.5 Å². The van der Waals surface area contributed by atoms with Crippen LogP contribution in [0.1, 0.15) is 11.1 Å². The van der Waals surface area contributed by atoms with E-state index in [1.165, 1.54) is 6.07 Å². The normalized spacial score (nSPS) is 10.5. The van der Waals surface area contributed by atoms with Crippen LogP contribution in [0.2, 0.25) is 5.02 Å². The van der Waals surface area contributed by atoms with Crippen molar-refractivity contribution in [3.05, 3.63) is 62.8 Å². The Kier molecular flexibility index (Phi) is 4.80. The van der Waals surface area contributed by atoms with Gasteiger partial charge in [-0.2, -0.15) is 0 Å². The number of nitrogens with two attached hydrogens (primary N) is 1. The molecule has 0 amide bonds. The number of hydrogen-bond acceptors (Lipinski definition) is 2. The lowest BCUT2D eigenvalue weighted by Gasteiger charge is -2.11. The molecular weight excluding hydrogens is 333 g/mol. The first-order chi connectivity index (χ1) is 9.11. The smallest absolute Gasteiger partial charge is 0.148 e. The first kappa shape index (κ1) is 14.3. The van der Waals surface area contributed by atoms with Crippen LogP contribution in [-0.2, 0) is 13.2 Å². The Balaban J connectivity index is 2.17. The third-order valence-electron chi connectivity index (χ3n) is 2.66. The Morgan fingerprint density at radius 3 is 2.74 bits per heavy atom. The summed E-state index contributed by atoms with van der Waals surface area (Å²) in [4.78, 5) is 0. The largest absolute Gasteiger partial charge is 0.488 e. The highest BCUT2D eigenvalue weighted by Crippen LogP contribution is 2.25. The van der Waals surface area contributed by atoms with E-state index in [-0.39, 0.29) is 11.6 Å². The highest BCUT2D eigenvalue weighted by atomic mass is 79.9. The van der Waals surface area contributed by atoms with E-state index in [1.54, 1.807) is 18.2 Å². The second kappa shape index (κ2) is 6.37. The topological polar surface area (TPSA) is 35.2 Å². The van der Waals surface area contributed by atoms with Crippen LogP contribution in [-0.4, -0.2) is 0 Å². The summed E-state index contributed by atoms with van der Waals surface area (Å²) in [6.07, 6.45) is 0. The highest BCUT2D eigenvalue weighted by Gasteiger charge is 2.08. The van der Waals surface area contributed by atoms with Gasteiger partial charge in [0.1, 0.15) is 18.2 Å². The van der Waals surface area contributed by atoms with Crippen LogP contribution < -0.4 is 10.5 Å². The fourth-order valence-electron chi connectivity index (χ4n) is 1.66. The number of halogens is 3. The zero-order valence-electron chi connectivity index (χ0n) is 10.00. The maximum absolute atomic E-state index is 13.7. The van der Waals surface area contributed by atoms with Gasteiger partial charge in [0.05, 0.1) is 5.02 Å². The molecule has 0 atom stereocenters. The Labute approximate surface area is 124 Å². The standard InChI is InChI=1S/C14H12BrClFNO/c15-11-4-5-13(10(6-11)7-18)19-8-9-2-1-3-12(16)14(9)17/h1-6H,7-8,18H2. The van der Waals surface area contributed by atoms with Gasteiger partial charge in [-0.3, -0.25) is 0 Å². The quantitative estimate of drug-likeness (QED) is 0.898. The van der Waals surface area contributed by atoms with Crippen molar-refractivity contribution in [1.29, 1.82) is 0 Å². The van der Waals surface area contributed by atoms with E-state index in [2.05, 4.69) is 15.9 Å². The number of ether oxygens (including phenoxy) is 1. The minimum absolute atomic E-state index is 0.0935. The predicted octanol–water partition coefficient (Wildman–Crippen LogP) is 4.28. The fraction of sp³-hybridized carbons (Fsp3) is 0.143. The zero-order valence-corrected chi connectivity index (χ0v) is 12.3. The molecule has 0 spiro atoms. The van der Waals surface area contributed by atoms with Gasteiger partial charge in [0.2, 0.25) is 0 Å². The molecule has 0 radical (unpaired) electrons. The lowest BCUT2D eigenvalue weighted by atomic mass is 10.2. The number of hydrogen-bond donors (Lipinski definition) is 1. The first-order valence-electron chi connectivity index (χ1n) is 5.66. The molecule has 2 nitrogen and oxygen atoms in total. The molecule has 5 heteroatoms. The van der Waals surface area contributed by atoms with Gasteiger partial charge in [-0.05, 0) is 24.3 Å². The van der Waals surface area contributed by atoms with Crippen LogP contribution in [0.5, 0.6) is 5.75 Å². The molecule has 0 unspecified atom stereocenters. The summed E-state index contributed by atoms with van der Waals surface area (Å²) in [5, 5.41) is 0.0935. The van der Waals surface area contributed by atoms with Gasteiger partial charge >= 0.3 is 0 Å². The van der Waals surface area contributed by atoms with E-state index in [0.29, 0.717) is 17.9 Å². The van der Waals surface area contributed by atoms with Gasteiger partial charge < -0.3 is 10.5 Å². The summed E-state index contributed by atoms with van der Waals surface area (Å²) >= 11 is 9.08. The van der Waals surface area contributed by atoms with Crippen molar-refractivity contribution in [2.75, 3.05) is 0 Å². The third kappa shape index (κ3) is 3.47. The monoisotopic (exact) mass is 343 g/mol. The molecule has 0 fully saturated rings. The molecule has 0 heterocycles. The Hall–Kier alpha value is -1.10. The summed E-state index contributed by atoms with van der Waals surface area (Å²) in [5.74, 6) is 0.195. The van der Waals surface area contributed by atoms with Crippen molar-refractivity contribution in [2.24, 2.45) is 5.73 Å². The van der Waals surface area contributed by atoms with E-state index < -0.39 is 5.82 Å². The highest BCUT2D eigenvalue weighted by molar-refractivity contribution is 9.10. The molecule has 0 aliphatic rings. The van der Waals surface area contributed by atoms with E-state index in [4.69, 9.17) is 22.1 Å². The lowest BCUT2D eigenvalue weighted by Crippen LogP contribution is -2.04. The number of rotatable bonds is 4. The average molecular weight is 345 g/mol. The minimum atomic E-state index is -0.449. The first-order valence-corrected chi connectivity index (χ1v) is 6.83. The van der Waals surface area contributed by atoms with Crippen molar-refractivity contribution in [2.45, 2.75) is 13.2 Å². The van der Waals surface area contributed by atoms with Crippen LogP contribution in [0.3, 0.4) is 0 Å². The van der Waals surface area contributed by atoms with Gasteiger partial charge in [0, 0.05) is 22.1 Å². The molecule has 0 aliphatic carbocycles. The molecule has 0 saturated carbocycles. The average Bonchev–Trinajstić information content (AvgIpc) is 2.41. The van der Waals surface area contributed by atoms with Crippen molar-refractivity contribution < 1.29 is 9.13 Å². The van der Waals surface area contributed by atoms with E-state index in [9.17, 15) is 4.39 Å². The molecule has 0 saturated heterocycles. The van der Waals surface area contributed by atoms with Crippen LogP contribution in [0.4, 0.5) is 4.39 Å². The molecule has 0 aromatic heterocycles. The van der Waals surface area contributed by atoms with Gasteiger partial charge in [0.15, 0.2) is 0 Å². The molecule has 2 aromatic carbocycles. The summed E-state index contributed by atoms with van der Waals surface area (Å²) in [6, 6.07) is 10.4. The molecule has 2 rings (SSSR count). The van der Waals surface area contributed by atoms with Crippen molar-refractivity contribution in [1.82, 2.24) is 0 Å². The molecule has 0 bridgehead atoms. The third-order valence-corrected chi connectivity index (χ3v) is 3.44. The molecular formula is C14H12BrClFNO. The Bertz CT molecular complexity index is 592. The second-order valence-corrected chi connectivity index (χ2v) is 5.28. The molecule has 2 N–H and O–H groups in total. The van der Waals surface area contributed by atoms with Gasteiger partial charge in [0.25, 0.3) is 0 Å². The van der Waals surface area contributed by atoms with E-state index in [0.717, 1.165) is 10.0 Å². The van der Waals surface area contributed by atoms with Crippen LogP contribution in [0.25, 0.3) is 0 Å². The zero-order chi connectivity index (χ0) is 13.8. The summed E-state index contributed by atoms with van der Waals surface area (Å²) < 4.78 is 20.2.